The predicted molar refractivity (Wildman–Crippen MR) is 89.1 cm³/mol. The van der Waals surface area contributed by atoms with Crippen LogP contribution in [0.2, 0.25) is 0 Å². The quantitative estimate of drug-likeness (QED) is 0.663. The number of hydrogen-bond acceptors (Lipinski definition) is 3. The first kappa shape index (κ1) is 13.9. The predicted octanol–water partition coefficient (Wildman–Crippen LogP) is 3.92. The minimum Gasteiger partial charge on any atom is -0.444 e. The van der Waals surface area contributed by atoms with Gasteiger partial charge in [0.1, 0.15) is 10.3 Å². The number of H-pyrrole nitrogens is 1. The van der Waals surface area contributed by atoms with Gasteiger partial charge in [0.05, 0.1) is 11.9 Å². The molecule has 0 saturated heterocycles. The molecule has 6 heteroatoms. The third-order valence-corrected chi connectivity index (χ3v) is 3.98. The van der Waals surface area contributed by atoms with E-state index in [9.17, 15) is 4.79 Å². The summed E-state index contributed by atoms with van der Waals surface area (Å²) in [4.78, 5) is 11.9. The van der Waals surface area contributed by atoms with Gasteiger partial charge in [0.2, 0.25) is 0 Å². The van der Waals surface area contributed by atoms with E-state index in [4.69, 9.17) is 4.74 Å². The van der Waals surface area contributed by atoms with E-state index < -0.39 is 6.09 Å². The van der Waals surface area contributed by atoms with Gasteiger partial charge < -0.3 is 4.74 Å². The number of aromatic nitrogens is 2. The fourth-order valence-electron chi connectivity index (χ4n) is 2.02. The number of aromatic amines is 1. The molecule has 3 rings (SSSR count). The fraction of sp³-hybridized carbons (Fsp3) is 0.0667. The van der Waals surface area contributed by atoms with Crippen molar-refractivity contribution < 1.29 is 9.53 Å². The smallest absolute Gasteiger partial charge is 0.411 e. The zero-order valence-electron chi connectivity index (χ0n) is 11.0. The summed E-state index contributed by atoms with van der Waals surface area (Å²) in [5, 5.41) is 11.5. The van der Waals surface area contributed by atoms with Crippen molar-refractivity contribution in [1.29, 1.82) is 0 Å². The van der Waals surface area contributed by atoms with Gasteiger partial charge in [0, 0.05) is 10.9 Å². The van der Waals surface area contributed by atoms with Crippen molar-refractivity contribution in [2.24, 2.45) is 0 Å². The van der Waals surface area contributed by atoms with Crippen LogP contribution in [0.4, 0.5) is 10.5 Å². The molecule has 0 fully saturated rings. The van der Waals surface area contributed by atoms with Crippen LogP contribution in [0.3, 0.4) is 0 Å². The second-order valence-electron chi connectivity index (χ2n) is 4.44. The molecule has 1 heterocycles. The third-order valence-electron chi connectivity index (χ3n) is 3.05. The Morgan fingerprint density at radius 2 is 2.05 bits per heavy atom. The Bertz CT molecular complexity index is 780. The molecule has 0 aliphatic heterocycles. The number of amides is 1. The molecule has 21 heavy (non-hydrogen) atoms. The maximum absolute atomic E-state index is 11.9. The number of halogens is 1. The summed E-state index contributed by atoms with van der Waals surface area (Å²) in [5.74, 6) is 0. The molecule has 3 aromatic rings. The van der Waals surface area contributed by atoms with E-state index in [-0.39, 0.29) is 6.61 Å². The normalized spacial score (nSPS) is 10.5. The molecular formula is C15H12IN3O2. The van der Waals surface area contributed by atoms with Gasteiger partial charge in [0.15, 0.2) is 0 Å². The fourth-order valence-corrected chi connectivity index (χ4v) is 2.45. The molecule has 1 aromatic heterocycles. The number of carbonyl (C=O) groups excluding carboxylic acids is 1. The van der Waals surface area contributed by atoms with Crippen LogP contribution in [-0.2, 0) is 11.3 Å². The summed E-state index contributed by atoms with van der Waals surface area (Å²) in [5.41, 5.74) is 1.59. The topological polar surface area (TPSA) is 67.0 Å². The van der Waals surface area contributed by atoms with Crippen LogP contribution in [-0.4, -0.2) is 16.3 Å². The minimum absolute atomic E-state index is 0.186. The van der Waals surface area contributed by atoms with E-state index in [1.807, 2.05) is 42.5 Å². The first-order valence-electron chi connectivity index (χ1n) is 6.33. The van der Waals surface area contributed by atoms with Crippen molar-refractivity contribution in [3.05, 3.63) is 57.9 Å². The SMILES string of the molecule is O=C(Nc1cccc2ccccc12)OCc1cn[nH]c1I. The number of anilines is 1. The summed E-state index contributed by atoms with van der Waals surface area (Å²) in [6.45, 7) is 0.186. The molecule has 0 aliphatic rings. The molecule has 5 nitrogen and oxygen atoms in total. The molecule has 0 saturated carbocycles. The Balaban J connectivity index is 1.70. The lowest BCUT2D eigenvalue weighted by atomic mass is 10.1. The molecule has 0 aliphatic carbocycles. The zero-order valence-corrected chi connectivity index (χ0v) is 13.1. The standard InChI is InChI=1S/C15H12IN3O2/c16-14-11(8-17-19-14)9-21-15(20)18-13-7-3-5-10-4-1-2-6-12(10)13/h1-8H,9H2,(H,17,19)(H,18,20). The van der Waals surface area contributed by atoms with Crippen molar-refractivity contribution in [1.82, 2.24) is 10.2 Å². The van der Waals surface area contributed by atoms with E-state index in [1.54, 1.807) is 6.20 Å². The average Bonchev–Trinajstić information content (AvgIpc) is 2.91. The number of carbonyl (C=O) groups is 1. The summed E-state index contributed by atoms with van der Waals surface area (Å²) in [7, 11) is 0. The van der Waals surface area contributed by atoms with E-state index in [1.165, 1.54) is 0 Å². The van der Waals surface area contributed by atoms with Crippen molar-refractivity contribution in [2.45, 2.75) is 6.61 Å². The molecule has 1 amide bonds. The number of hydrogen-bond donors (Lipinski definition) is 2. The van der Waals surface area contributed by atoms with Crippen LogP contribution in [0, 0.1) is 3.70 Å². The van der Waals surface area contributed by atoms with Crippen LogP contribution < -0.4 is 5.32 Å². The summed E-state index contributed by atoms with van der Waals surface area (Å²) < 4.78 is 6.07. The van der Waals surface area contributed by atoms with E-state index in [2.05, 4.69) is 38.1 Å². The molecule has 2 aromatic carbocycles. The highest BCUT2D eigenvalue weighted by molar-refractivity contribution is 14.1. The van der Waals surface area contributed by atoms with E-state index in [0.717, 1.165) is 25.7 Å². The van der Waals surface area contributed by atoms with Gasteiger partial charge in [-0.3, -0.25) is 10.4 Å². The van der Waals surface area contributed by atoms with Gasteiger partial charge in [-0.05, 0) is 34.0 Å². The Kier molecular flexibility index (Phi) is 4.05. The lowest BCUT2D eigenvalue weighted by Crippen LogP contribution is -2.13. The number of ether oxygens (including phenoxy) is 1. The molecule has 0 atom stereocenters. The van der Waals surface area contributed by atoms with Crippen LogP contribution in [0.25, 0.3) is 10.8 Å². The maximum atomic E-state index is 11.9. The van der Waals surface area contributed by atoms with Crippen molar-refractivity contribution >= 4 is 45.1 Å². The van der Waals surface area contributed by atoms with Gasteiger partial charge in [-0.2, -0.15) is 5.10 Å². The highest BCUT2D eigenvalue weighted by Gasteiger charge is 2.08. The van der Waals surface area contributed by atoms with E-state index >= 15 is 0 Å². The second kappa shape index (κ2) is 6.13. The van der Waals surface area contributed by atoms with Crippen LogP contribution >= 0.6 is 22.6 Å². The summed E-state index contributed by atoms with van der Waals surface area (Å²) >= 11 is 2.11. The number of benzene rings is 2. The number of nitrogens with zero attached hydrogens (tertiary/aromatic N) is 1. The first-order chi connectivity index (χ1) is 10.2. The monoisotopic (exact) mass is 393 g/mol. The molecule has 0 radical (unpaired) electrons. The zero-order chi connectivity index (χ0) is 14.7. The number of fused-ring (bicyclic) bond motifs is 1. The van der Waals surface area contributed by atoms with Gasteiger partial charge in [-0.25, -0.2) is 4.79 Å². The van der Waals surface area contributed by atoms with Crippen LogP contribution in [0.1, 0.15) is 5.56 Å². The summed E-state index contributed by atoms with van der Waals surface area (Å²) in [6, 6.07) is 13.6. The Hall–Kier alpha value is -2.09. The number of nitrogens with one attached hydrogen (secondary N) is 2. The van der Waals surface area contributed by atoms with Crippen molar-refractivity contribution in [2.75, 3.05) is 5.32 Å². The molecule has 0 bridgehead atoms. The molecule has 0 spiro atoms. The Labute approximate surface area is 134 Å². The lowest BCUT2D eigenvalue weighted by molar-refractivity contribution is 0.155. The van der Waals surface area contributed by atoms with Crippen LogP contribution in [0.5, 0.6) is 0 Å². The minimum atomic E-state index is -0.483. The van der Waals surface area contributed by atoms with Gasteiger partial charge in [-0.15, -0.1) is 0 Å². The van der Waals surface area contributed by atoms with E-state index in [0.29, 0.717) is 0 Å². The molecule has 0 unspecified atom stereocenters. The molecule has 106 valence electrons. The molecular weight excluding hydrogens is 381 g/mol. The average molecular weight is 393 g/mol. The Morgan fingerprint density at radius 3 is 2.86 bits per heavy atom. The van der Waals surface area contributed by atoms with Gasteiger partial charge in [0.25, 0.3) is 0 Å². The second-order valence-corrected chi connectivity index (χ2v) is 5.52. The molecule has 2 N–H and O–H groups in total. The Morgan fingerprint density at radius 1 is 1.24 bits per heavy atom. The maximum Gasteiger partial charge on any atom is 0.411 e. The van der Waals surface area contributed by atoms with Gasteiger partial charge >= 0.3 is 6.09 Å². The third kappa shape index (κ3) is 3.15. The first-order valence-corrected chi connectivity index (χ1v) is 7.41. The highest BCUT2D eigenvalue weighted by atomic mass is 127. The number of rotatable bonds is 3. The largest absolute Gasteiger partial charge is 0.444 e. The van der Waals surface area contributed by atoms with Crippen LogP contribution in [0.15, 0.2) is 48.7 Å². The van der Waals surface area contributed by atoms with Gasteiger partial charge in [-0.1, -0.05) is 36.4 Å². The van der Waals surface area contributed by atoms with Crippen molar-refractivity contribution in [3.63, 3.8) is 0 Å². The highest BCUT2D eigenvalue weighted by Crippen LogP contribution is 2.23. The van der Waals surface area contributed by atoms with Crippen molar-refractivity contribution in [3.8, 4) is 0 Å². The summed E-state index contributed by atoms with van der Waals surface area (Å²) in [6.07, 6.45) is 1.16. The lowest BCUT2D eigenvalue weighted by Gasteiger charge is -2.09.